The number of para-hydroxylation sites is 1. The average molecular weight is 339 g/mol. The second kappa shape index (κ2) is 6.88. The summed E-state index contributed by atoms with van der Waals surface area (Å²) in [7, 11) is 1.74. The maximum atomic E-state index is 11.9. The van der Waals surface area contributed by atoms with Crippen molar-refractivity contribution in [3.8, 4) is 5.88 Å². The first kappa shape index (κ1) is 16.3. The van der Waals surface area contributed by atoms with Crippen molar-refractivity contribution in [1.82, 2.24) is 4.57 Å². The average Bonchev–Trinajstić information content (AvgIpc) is 2.84. The summed E-state index contributed by atoms with van der Waals surface area (Å²) >= 11 is 1.41. The van der Waals surface area contributed by atoms with Crippen LogP contribution in [0, 0.1) is 6.92 Å². The number of fused-ring (bicyclic) bond motifs is 1. The molecule has 0 aliphatic heterocycles. The van der Waals surface area contributed by atoms with Gasteiger partial charge in [-0.2, -0.15) is 0 Å². The Morgan fingerprint density at radius 3 is 2.62 bits per heavy atom. The van der Waals surface area contributed by atoms with E-state index in [1.165, 1.54) is 17.3 Å². The Labute approximate surface area is 144 Å². The van der Waals surface area contributed by atoms with Gasteiger partial charge in [-0.05, 0) is 25.1 Å². The highest BCUT2D eigenvalue weighted by Gasteiger charge is 2.14. The predicted octanol–water partition coefficient (Wildman–Crippen LogP) is 4.59. The van der Waals surface area contributed by atoms with Gasteiger partial charge in [0.05, 0.1) is 11.3 Å². The van der Waals surface area contributed by atoms with Crippen molar-refractivity contribution in [2.24, 2.45) is 17.3 Å². The van der Waals surface area contributed by atoms with Crippen molar-refractivity contribution < 1.29 is 9.90 Å². The van der Waals surface area contributed by atoms with E-state index in [0.29, 0.717) is 5.69 Å². The Morgan fingerprint density at radius 1 is 1.17 bits per heavy atom. The number of hydrogen-bond donors (Lipinski definition) is 1. The highest BCUT2D eigenvalue weighted by molar-refractivity contribution is 8.00. The largest absolute Gasteiger partial charge is 0.493 e. The van der Waals surface area contributed by atoms with Gasteiger partial charge in [-0.3, -0.25) is 4.79 Å². The van der Waals surface area contributed by atoms with Crippen molar-refractivity contribution in [2.45, 2.75) is 11.8 Å². The van der Waals surface area contributed by atoms with Crippen molar-refractivity contribution >= 4 is 34.3 Å². The monoisotopic (exact) mass is 339 g/mol. The molecule has 0 atom stereocenters. The Kier molecular flexibility index (Phi) is 4.66. The molecule has 1 N–H and O–H groups in total. The van der Waals surface area contributed by atoms with Gasteiger partial charge in [0, 0.05) is 17.3 Å². The topological polar surface area (TPSA) is 66.9 Å². The number of aryl methyl sites for hydroxylation is 2. The van der Waals surface area contributed by atoms with Crippen molar-refractivity contribution in [3.05, 3.63) is 54.1 Å². The molecule has 0 saturated carbocycles. The third kappa shape index (κ3) is 3.33. The Hall–Kier alpha value is -2.60. The quantitative estimate of drug-likeness (QED) is 0.558. The fourth-order valence-electron chi connectivity index (χ4n) is 2.37. The lowest BCUT2D eigenvalue weighted by atomic mass is 10.2. The van der Waals surface area contributed by atoms with E-state index in [2.05, 4.69) is 10.2 Å². The third-order valence-corrected chi connectivity index (χ3v) is 4.69. The van der Waals surface area contributed by atoms with E-state index in [-0.39, 0.29) is 17.5 Å². The molecule has 2 aromatic carbocycles. The smallest absolute Gasteiger partial charge is 0.274 e. The molecule has 0 saturated heterocycles. The fourth-order valence-corrected chi connectivity index (χ4v) is 3.05. The molecule has 1 aromatic heterocycles. The number of carbonyl (C=O) groups excluding carboxylic acids is 1. The third-order valence-electron chi connectivity index (χ3n) is 3.69. The molecule has 6 heteroatoms. The zero-order valence-electron chi connectivity index (χ0n) is 13.4. The van der Waals surface area contributed by atoms with Crippen LogP contribution in [-0.4, -0.2) is 21.3 Å². The Bertz CT molecular complexity index is 914. The van der Waals surface area contributed by atoms with Gasteiger partial charge in [-0.25, -0.2) is 0 Å². The fraction of sp³-hybridized carbons (Fsp3) is 0.167. The molecule has 0 unspecified atom stereocenters. The van der Waals surface area contributed by atoms with Crippen LogP contribution in [0.25, 0.3) is 10.9 Å². The Morgan fingerprint density at radius 2 is 1.88 bits per heavy atom. The zero-order valence-corrected chi connectivity index (χ0v) is 14.2. The minimum absolute atomic E-state index is 0.000984. The number of carbonyl (C=O) groups is 1. The standard InChI is InChI=1S/C18H17N3O2S/c1-12-7-9-13(10-8-12)24-11-16(22)19-20-17-14-5-3-4-6-15(14)21(2)18(17)23/h3-10,23H,11H2,1-2H3. The van der Waals surface area contributed by atoms with Crippen LogP contribution >= 0.6 is 11.8 Å². The summed E-state index contributed by atoms with van der Waals surface area (Å²) in [5.41, 5.74) is 2.34. The molecule has 1 amide bonds. The van der Waals surface area contributed by atoms with Crippen molar-refractivity contribution in [3.63, 3.8) is 0 Å². The maximum absolute atomic E-state index is 11.9. The van der Waals surface area contributed by atoms with Crippen LogP contribution in [0.3, 0.4) is 0 Å². The molecule has 0 fully saturated rings. The van der Waals surface area contributed by atoms with Gasteiger partial charge >= 0.3 is 0 Å². The maximum Gasteiger partial charge on any atom is 0.274 e. The Balaban J connectivity index is 1.72. The molecule has 1 heterocycles. The molecular weight excluding hydrogens is 322 g/mol. The number of aromatic nitrogens is 1. The lowest BCUT2D eigenvalue weighted by Crippen LogP contribution is -1.95. The van der Waals surface area contributed by atoms with E-state index in [0.717, 1.165) is 15.8 Å². The molecule has 0 bridgehead atoms. The number of rotatable bonds is 4. The zero-order chi connectivity index (χ0) is 17.1. The van der Waals surface area contributed by atoms with Crippen LogP contribution in [0.4, 0.5) is 5.69 Å². The van der Waals surface area contributed by atoms with Gasteiger partial charge in [-0.1, -0.05) is 35.9 Å². The summed E-state index contributed by atoms with van der Waals surface area (Å²) in [6, 6.07) is 15.4. The summed E-state index contributed by atoms with van der Waals surface area (Å²) in [5.74, 6) is -0.134. The van der Waals surface area contributed by atoms with E-state index in [9.17, 15) is 9.90 Å². The van der Waals surface area contributed by atoms with Crippen LogP contribution in [0.15, 0.2) is 63.7 Å². The van der Waals surface area contributed by atoms with E-state index in [1.54, 1.807) is 11.6 Å². The SMILES string of the molecule is Cc1ccc(SCC(=O)N=Nc2c(O)n(C)c3ccccc23)cc1. The minimum atomic E-state index is -0.340. The molecule has 0 spiro atoms. The number of amides is 1. The van der Waals surface area contributed by atoms with E-state index >= 15 is 0 Å². The number of nitrogens with zero attached hydrogens (tertiary/aromatic N) is 3. The molecule has 3 rings (SSSR count). The second-order valence-electron chi connectivity index (χ2n) is 5.44. The van der Waals surface area contributed by atoms with Gasteiger partial charge in [-0.15, -0.1) is 22.0 Å². The second-order valence-corrected chi connectivity index (χ2v) is 6.49. The number of aromatic hydroxyl groups is 1. The first-order valence-electron chi connectivity index (χ1n) is 7.46. The van der Waals surface area contributed by atoms with Crippen LogP contribution in [0.5, 0.6) is 5.88 Å². The van der Waals surface area contributed by atoms with E-state index in [1.807, 2.05) is 55.5 Å². The highest BCUT2D eigenvalue weighted by Crippen LogP contribution is 2.37. The number of azo groups is 1. The lowest BCUT2D eigenvalue weighted by Gasteiger charge is -1.99. The van der Waals surface area contributed by atoms with Gasteiger partial charge in [0.25, 0.3) is 5.91 Å². The van der Waals surface area contributed by atoms with Crippen molar-refractivity contribution in [2.75, 3.05) is 5.75 Å². The van der Waals surface area contributed by atoms with Crippen LogP contribution in [0.2, 0.25) is 0 Å². The van der Waals surface area contributed by atoms with E-state index < -0.39 is 0 Å². The minimum Gasteiger partial charge on any atom is -0.493 e. The van der Waals surface area contributed by atoms with Crippen LogP contribution in [-0.2, 0) is 11.8 Å². The summed E-state index contributed by atoms with van der Waals surface area (Å²) in [6.07, 6.45) is 0. The molecule has 24 heavy (non-hydrogen) atoms. The van der Waals surface area contributed by atoms with Crippen molar-refractivity contribution in [1.29, 1.82) is 0 Å². The first-order chi connectivity index (χ1) is 11.6. The highest BCUT2D eigenvalue weighted by atomic mass is 32.2. The van der Waals surface area contributed by atoms with Gasteiger partial charge in [0.2, 0.25) is 5.88 Å². The number of thioether (sulfide) groups is 1. The summed E-state index contributed by atoms with van der Waals surface area (Å²) < 4.78 is 1.62. The molecule has 0 aliphatic rings. The number of benzene rings is 2. The van der Waals surface area contributed by atoms with Crippen LogP contribution in [0.1, 0.15) is 5.56 Å². The molecule has 0 aliphatic carbocycles. The van der Waals surface area contributed by atoms with E-state index in [4.69, 9.17) is 0 Å². The summed E-state index contributed by atoms with van der Waals surface area (Å²) in [4.78, 5) is 13.0. The molecule has 3 aromatic rings. The van der Waals surface area contributed by atoms with Crippen LogP contribution < -0.4 is 0 Å². The predicted molar refractivity (Wildman–Crippen MR) is 96.0 cm³/mol. The normalized spacial score (nSPS) is 11.4. The first-order valence-corrected chi connectivity index (χ1v) is 8.45. The molecule has 0 radical (unpaired) electrons. The lowest BCUT2D eigenvalue weighted by molar-refractivity contribution is -0.115. The molecular formula is C18H17N3O2S. The van der Waals surface area contributed by atoms with Gasteiger partial charge in [0.15, 0.2) is 5.69 Å². The van der Waals surface area contributed by atoms with Gasteiger partial charge in [0.1, 0.15) is 0 Å². The summed E-state index contributed by atoms with van der Waals surface area (Å²) in [6.45, 7) is 2.02. The number of hydrogen-bond acceptors (Lipinski definition) is 4. The molecule has 5 nitrogen and oxygen atoms in total. The summed E-state index contributed by atoms with van der Waals surface area (Å²) in [5, 5.41) is 18.6. The molecule has 122 valence electrons. The van der Waals surface area contributed by atoms with Gasteiger partial charge < -0.3 is 9.67 Å².